The molecule has 2 aliphatic rings. The third-order valence-electron chi connectivity index (χ3n) is 4.62. The fourth-order valence-corrected chi connectivity index (χ4v) is 4.12. The molecule has 1 saturated heterocycles. The first kappa shape index (κ1) is 14.7. The van der Waals surface area contributed by atoms with E-state index in [0.717, 1.165) is 18.0 Å². The predicted octanol–water partition coefficient (Wildman–Crippen LogP) is 3.03. The van der Waals surface area contributed by atoms with Crippen LogP contribution in [0.3, 0.4) is 0 Å². The van der Waals surface area contributed by atoms with Gasteiger partial charge in [-0.1, -0.05) is 12.8 Å². The van der Waals surface area contributed by atoms with Crippen LogP contribution in [0.25, 0.3) is 0 Å². The molecule has 18 heavy (non-hydrogen) atoms. The van der Waals surface area contributed by atoms with Crippen LogP contribution in [0.5, 0.6) is 0 Å². The van der Waals surface area contributed by atoms with E-state index in [0.29, 0.717) is 0 Å². The topological polar surface area (TPSA) is 24.1 Å². The van der Waals surface area contributed by atoms with E-state index < -0.39 is 0 Å². The van der Waals surface area contributed by atoms with Gasteiger partial charge in [0, 0.05) is 12.1 Å². The highest BCUT2D eigenvalue weighted by atomic mass is 32.2. The van der Waals surface area contributed by atoms with Gasteiger partial charge in [-0.05, 0) is 69.5 Å². The third kappa shape index (κ3) is 4.43. The number of hydrogen-bond donors (Lipinski definition) is 2. The summed E-state index contributed by atoms with van der Waals surface area (Å²) in [6.45, 7) is 2.48. The van der Waals surface area contributed by atoms with Gasteiger partial charge in [-0.25, -0.2) is 0 Å². The number of hydrogen-bond acceptors (Lipinski definition) is 3. The third-order valence-corrected chi connectivity index (χ3v) is 5.31. The van der Waals surface area contributed by atoms with Gasteiger partial charge in [0.05, 0.1) is 0 Å². The molecule has 0 aromatic carbocycles. The van der Waals surface area contributed by atoms with Gasteiger partial charge in [0.1, 0.15) is 0 Å². The summed E-state index contributed by atoms with van der Waals surface area (Å²) < 4.78 is 0. The molecule has 3 heteroatoms. The highest BCUT2D eigenvalue weighted by Gasteiger charge is 2.32. The van der Waals surface area contributed by atoms with Crippen molar-refractivity contribution in [1.29, 1.82) is 0 Å². The van der Waals surface area contributed by atoms with E-state index >= 15 is 0 Å². The Hall–Kier alpha value is 0.270. The minimum Gasteiger partial charge on any atom is -0.314 e. The Morgan fingerprint density at radius 1 is 1.11 bits per heavy atom. The van der Waals surface area contributed by atoms with Crippen molar-refractivity contribution in [2.75, 3.05) is 25.1 Å². The summed E-state index contributed by atoms with van der Waals surface area (Å²) in [5.41, 5.74) is 0. The fraction of sp³-hybridized carbons (Fsp3) is 1.00. The maximum atomic E-state index is 3.86. The van der Waals surface area contributed by atoms with Crippen LogP contribution in [-0.4, -0.2) is 37.2 Å². The van der Waals surface area contributed by atoms with Crippen LogP contribution in [0.2, 0.25) is 0 Å². The van der Waals surface area contributed by atoms with Crippen molar-refractivity contribution < 1.29 is 0 Å². The number of rotatable bonds is 7. The molecule has 0 bridgehead atoms. The number of unbranched alkanes of at least 4 members (excludes halogenated alkanes) is 1. The van der Waals surface area contributed by atoms with Crippen LogP contribution in [-0.2, 0) is 0 Å². The zero-order chi connectivity index (χ0) is 12.6. The second-order valence-corrected chi connectivity index (χ2v) is 6.90. The Balaban J connectivity index is 1.69. The van der Waals surface area contributed by atoms with Crippen molar-refractivity contribution in [3.05, 3.63) is 0 Å². The monoisotopic (exact) mass is 270 g/mol. The molecule has 0 aromatic heterocycles. The molecule has 1 saturated carbocycles. The van der Waals surface area contributed by atoms with E-state index in [1.807, 2.05) is 11.8 Å². The normalized spacial score (nSPS) is 32.8. The van der Waals surface area contributed by atoms with Crippen LogP contribution >= 0.6 is 11.8 Å². The first-order chi connectivity index (χ1) is 8.92. The lowest BCUT2D eigenvalue weighted by Crippen LogP contribution is -2.47. The maximum Gasteiger partial charge on any atom is 0.0111 e. The van der Waals surface area contributed by atoms with Gasteiger partial charge in [-0.15, -0.1) is 0 Å². The summed E-state index contributed by atoms with van der Waals surface area (Å²) in [5, 5.41) is 7.58. The molecule has 1 aliphatic carbocycles. The van der Waals surface area contributed by atoms with E-state index in [4.69, 9.17) is 0 Å². The van der Waals surface area contributed by atoms with Crippen molar-refractivity contribution in [1.82, 2.24) is 10.6 Å². The Bertz CT molecular complexity index is 217. The molecular formula is C15H30N2S. The average Bonchev–Trinajstić information content (AvgIpc) is 2.93. The summed E-state index contributed by atoms with van der Waals surface area (Å²) >= 11 is 1.97. The second-order valence-electron chi connectivity index (χ2n) is 5.91. The van der Waals surface area contributed by atoms with Crippen LogP contribution in [0.4, 0.5) is 0 Å². The summed E-state index contributed by atoms with van der Waals surface area (Å²) in [5.74, 6) is 2.22. The SMILES string of the molecule is CSCCCCNC1CCCCC1C1CCCN1. The van der Waals surface area contributed by atoms with E-state index in [-0.39, 0.29) is 0 Å². The standard InChI is InChI=1S/C15H30N2S/c1-18-12-5-4-10-16-14-8-3-2-7-13(14)15-9-6-11-17-15/h13-17H,2-12H2,1H3. The number of nitrogens with one attached hydrogen (secondary N) is 2. The quantitative estimate of drug-likeness (QED) is 0.695. The van der Waals surface area contributed by atoms with Gasteiger partial charge in [0.25, 0.3) is 0 Å². The average molecular weight is 270 g/mol. The summed E-state index contributed by atoms with van der Waals surface area (Å²) in [7, 11) is 0. The lowest BCUT2D eigenvalue weighted by molar-refractivity contribution is 0.215. The molecular weight excluding hydrogens is 240 g/mol. The Morgan fingerprint density at radius 3 is 2.78 bits per heavy atom. The molecule has 106 valence electrons. The molecule has 0 radical (unpaired) electrons. The highest BCUT2D eigenvalue weighted by molar-refractivity contribution is 7.98. The van der Waals surface area contributed by atoms with Crippen molar-refractivity contribution in [3.8, 4) is 0 Å². The van der Waals surface area contributed by atoms with Crippen molar-refractivity contribution in [2.24, 2.45) is 5.92 Å². The fourth-order valence-electron chi connectivity index (χ4n) is 3.63. The van der Waals surface area contributed by atoms with Crippen LogP contribution < -0.4 is 10.6 Å². The molecule has 2 rings (SSSR count). The van der Waals surface area contributed by atoms with Gasteiger partial charge in [0.15, 0.2) is 0 Å². The molecule has 3 unspecified atom stereocenters. The van der Waals surface area contributed by atoms with Gasteiger partial charge < -0.3 is 10.6 Å². The molecule has 2 fully saturated rings. The van der Waals surface area contributed by atoms with Crippen LogP contribution in [0.15, 0.2) is 0 Å². The smallest absolute Gasteiger partial charge is 0.0111 e. The minimum absolute atomic E-state index is 0.795. The van der Waals surface area contributed by atoms with E-state index in [1.54, 1.807) is 0 Å². The summed E-state index contributed by atoms with van der Waals surface area (Å²) in [6.07, 6.45) is 13.5. The maximum absolute atomic E-state index is 3.86. The molecule has 2 N–H and O–H groups in total. The Kier molecular flexibility index (Phi) is 6.88. The predicted molar refractivity (Wildman–Crippen MR) is 82.4 cm³/mol. The largest absolute Gasteiger partial charge is 0.314 e. The molecule has 0 amide bonds. The van der Waals surface area contributed by atoms with Gasteiger partial charge in [-0.2, -0.15) is 11.8 Å². The molecule has 1 aliphatic heterocycles. The zero-order valence-corrected chi connectivity index (χ0v) is 12.7. The summed E-state index contributed by atoms with van der Waals surface area (Å²) in [4.78, 5) is 0. The first-order valence-electron chi connectivity index (χ1n) is 7.87. The molecule has 3 atom stereocenters. The van der Waals surface area contributed by atoms with E-state index in [2.05, 4.69) is 16.9 Å². The van der Waals surface area contributed by atoms with Gasteiger partial charge in [0.2, 0.25) is 0 Å². The van der Waals surface area contributed by atoms with Crippen molar-refractivity contribution >= 4 is 11.8 Å². The first-order valence-corrected chi connectivity index (χ1v) is 9.27. The van der Waals surface area contributed by atoms with Crippen molar-refractivity contribution in [3.63, 3.8) is 0 Å². The number of thioether (sulfide) groups is 1. The lowest BCUT2D eigenvalue weighted by atomic mass is 9.79. The van der Waals surface area contributed by atoms with E-state index in [9.17, 15) is 0 Å². The Morgan fingerprint density at radius 2 is 2.00 bits per heavy atom. The summed E-state index contributed by atoms with van der Waals surface area (Å²) in [6, 6.07) is 1.61. The molecule has 1 heterocycles. The molecule has 0 spiro atoms. The van der Waals surface area contributed by atoms with Crippen molar-refractivity contribution in [2.45, 2.75) is 63.5 Å². The minimum atomic E-state index is 0.795. The van der Waals surface area contributed by atoms with Gasteiger partial charge in [-0.3, -0.25) is 0 Å². The Labute approximate surface area is 117 Å². The molecule has 2 nitrogen and oxygen atoms in total. The van der Waals surface area contributed by atoms with Crippen LogP contribution in [0, 0.1) is 5.92 Å². The van der Waals surface area contributed by atoms with Crippen LogP contribution in [0.1, 0.15) is 51.4 Å². The highest BCUT2D eigenvalue weighted by Crippen LogP contribution is 2.30. The van der Waals surface area contributed by atoms with E-state index in [1.165, 1.54) is 70.2 Å². The lowest BCUT2D eigenvalue weighted by Gasteiger charge is -2.36. The second kappa shape index (κ2) is 8.44. The molecule has 0 aromatic rings. The zero-order valence-electron chi connectivity index (χ0n) is 11.9. The van der Waals surface area contributed by atoms with Gasteiger partial charge >= 0.3 is 0 Å².